The van der Waals surface area contributed by atoms with Crippen LogP contribution in [0.15, 0.2) is 30.7 Å². The van der Waals surface area contributed by atoms with Crippen molar-refractivity contribution < 1.29 is 27.5 Å². The van der Waals surface area contributed by atoms with Crippen LogP contribution >= 0.6 is 0 Å². The Morgan fingerprint density at radius 2 is 1.87 bits per heavy atom. The maximum absolute atomic E-state index is 14.9. The van der Waals surface area contributed by atoms with Crippen molar-refractivity contribution in [3.05, 3.63) is 47.9 Å². The van der Waals surface area contributed by atoms with Crippen LogP contribution in [-0.4, -0.2) is 60.6 Å². The van der Waals surface area contributed by atoms with Crippen molar-refractivity contribution in [1.82, 2.24) is 35.1 Å². The van der Waals surface area contributed by atoms with E-state index in [0.717, 1.165) is 0 Å². The molecule has 3 aromatic heterocycles. The largest absolute Gasteiger partial charge is 0.480 e. The van der Waals surface area contributed by atoms with E-state index in [-0.39, 0.29) is 36.1 Å². The lowest BCUT2D eigenvalue weighted by atomic mass is 9.81. The van der Waals surface area contributed by atoms with E-state index < -0.39 is 54.5 Å². The minimum atomic E-state index is -2.83. The lowest BCUT2D eigenvalue weighted by molar-refractivity contribution is -0.121. The number of amides is 2. The third-order valence-corrected chi connectivity index (χ3v) is 6.90. The van der Waals surface area contributed by atoms with Crippen LogP contribution in [0.25, 0.3) is 0 Å². The molecule has 14 heteroatoms. The fraction of sp³-hybridized carbons (Fsp3) is 0.520. The van der Waals surface area contributed by atoms with Crippen LogP contribution in [0.2, 0.25) is 0 Å². The number of halogens is 3. The fourth-order valence-electron chi connectivity index (χ4n) is 4.72. The van der Waals surface area contributed by atoms with Gasteiger partial charge in [-0.2, -0.15) is 14.6 Å². The first-order valence-corrected chi connectivity index (χ1v) is 12.6. The maximum atomic E-state index is 14.9. The van der Waals surface area contributed by atoms with E-state index in [2.05, 4.69) is 31.0 Å². The van der Waals surface area contributed by atoms with Crippen molar-refractivity contribution in [2.75, 3.05) is 12.4 Å². The van der Waals surface area contributed by atoms with E-state index in [9.17, 15) is 22.8 Å². The Morgan fingerprint density at radius 1 is 1.15 bits per heavy atom. The molecule has 1 unspecified atom stereocenters. The van der Waals surface area contributed by atoms with Gasteiger partial charge in [-0.25, -0.2) is 8.78 Å². The molecular formula is C25H31F3N8O3. The summed E-state index contributed by atoms with van der Waals surface area (Å²) >= 11 is 0. The Balaban J connectivity index is 1.56. The van der Waals surface area contributed by atoms with Crippen LogP contribution in [0.1, 0.15) is 74.6 Å². The molecule has 1 saturated carbocycles. The van der Waals surface area contributed by atoms with E-state index >= 15 is 0 Å². The highest BCUT2D eigenvalue weighted by atomic mass is 19.3. The Labute approximate surface area is 223 Å². The van der Waals surface area contributed by atoms with E-state index in [1.165, 1.54) is 41.1 Å². The van der Waals surface area contributed by atoms with Crippen molar-refractivity contribution in [3.8, 4) is 5.88 Å². The number of ether oxygens (including phenoxy) is 1. The lowest BCUT2D eigenvalue weighted by Gasteiger charge is -2.33. The van der Waals surface area contributed by atoms with E-state index in [1.807, 2.05) is 13.8 Å². The van der Waals surface area contributed by atoms with Gasteiger partial charge in [0.2, 0.25) is 17.7 Å². The van der Waals surface area contributed by atoms with E-state index in [1.54, 1.807) is 13.0 Å². The van der Waals surface area contributed by atoms with Crippen LogP contribution < -0.4 is 15.4 Å². The zero-order valence-electron chi connectivity index (χ0n) is 22.1. The molecule has 210 valence electrons. The number of anilines is 1. The first-order chi connectivity index (χ1) is 18.5. The minimum Gasteiger partial charge on any atom is -0.480 e. The number of methoxy groups -OCH3 is 1. The van der Waals surface area contributed by atoms with Gasteiger partial charge in [0, 0.05) is 30.6 Å². The molecule has 0 aromatic carbocycles. The van der Waals surface area contributed by atoms with E-state index in [0.29, 0.717) is 5.56 Å². The molecule has 2 amide bonds. The number of carbonyl (C=O) groups excluding carboxylic acids is 2. The van der Waals surface area contributed by atoms with Gasteiger partial charge in [0.1, 0.15) is 17.4 Å². The van der Waals surface area contributed by atoms with Crippen molar-refractivity contribution in [3.63, 3.8) is 0 Å². The summed E-state index contributed by atoms with van der Waals surface area (Å²) in [7, 11) is 1.43. The Kier molecular flexibility index (Phi) is 8.21. The molecular weight excluding hydrogens is 517 g/mol. The van der Waals surface area contributed by atoms with Crippen LogP contribution in [-0.2, 0) is 4.79 Å². The van der Waals surface area contributed by atoms with E-state index in [4.69, 9.17) is 4.74 Å². The lowest BCUT2D eigenvalue weighted by Crippen LogP contribution is -2.50. The summed E-state index contributed by atoms with van der Waals surface area (Å²) < 4.78 is 50.6. The molecule has 0 radical (unpaired) electrons. The number of aromatic nitrogens is 6. The number of rotatable bonds is 9. The quantitative estimate of drug-likeness (QED) is 0.417. The summed E-state index contributed by atoms with van der Waals surface area (Å²) in [5.41, 5.74) is 0.583. The fourth-order valence-corrected chi connectivity index (χ4v) is 4.72. The normalized spacial score (nSPS) is 17.0. The Bertz CT molecular complexity index is 1320. The summed E-state index contributed by atoms with van der Waals surface area (Å²) in [6, 6.07) is 1.32. The summed E-state index contributed by atoms with van der Waals surface area (Å²) in [6.07, 6.45) is 3.44. The molecule has 1 aliphatic carbocycles. The summed E-state index contributed by atoms with van der Waals surface area (Å²) in [5.74, 6) is -5.43. The molecule has 2 N–H and O–H groups in total. The molecule has 1 aliphatic rings. The topological polar surface area (TPSA) is 129 Å². The van der Waals surface area contributed by atoms with Crippen molar-refractivity contribution >= 4 is 17.5 Å². The number of hydrogen-bond donors (Lipinski definition) is 2. The molecule has 3 aromatic rings. The Morgan fingerprint density at radius 3 is 2.54 bits per heavy atom. The molecule has 3 heterocycles. The molecule has 2 atom stereocenters. The third-order valence-electron chi connectivity index (χ3n) is 6.90. The van der Waals surface area contributed by atoms with Gasteiger partial charge in [0.25, 0.3) is 11.9 Å². The Hall–Kier alpha value is -3.97. The van der Waals surface area contributed by atoms with Crippen LogP contribution in [0, 0.1) is 11.9 Å². The first-order valence-electron chi connectivity index (χ1n) is 12.6. The standard InChI is InChI=1S/C25H31F3N8O3/c1-14(2)36-19(8-12-30-36)22(37)32-20(16-5-9-25(27,28)10-6-16)23(38)31-18-13-35(34-21(18)26)15(3)17-7-11-29-33-24(17)39-4/h7-8,11-16,20H,5-6,9-10H2,1-4H3,(H,31,38)(H,32,37)/t15?,20-/m0/s1. The van der Waals surface area contributed by atoms with Gasteiger partial charge < -0.3 is 15.4 Å². The number of alkyl halides is 2. The molecule has 39 heavy (non-hydrogen) atoms. The number of hydrogen-bond acceptors (Lipinski definition) is 7. The smallest absolute Gasteiger partial charge is 0.270 e. The van der Waals surface area contributed by atoms with Gasteiger partial charge in [-0.1, -0.05) is 0 Å². The predicted molar refractivity (Wildman–Crippen MR) is 134 cm³/mol. The predicted octanol–water partition coefficient (Wildman–Crippen LogP) is 3.77. The highest BCUT2D eigenvalue weighted by molar-refractivity contribution is 6.00. The average molecular weight is 549 g/mol. The summed E-state index contributed by atoms with van der Waals surface area (Å²) in [4.78, 5) is 26.6. The highest BCUT2D eigenvalue weighted by Crippen LogP contribution is 2.38. The summed E-state index contributed by atoms with van der Waals surface area (Å²) in [5, 5.41) is 20.8. The van der Waals surface area contributed by atoms with Crippen molar-refractivity contribution in [1.29, 1.82) is 0 Å². The van der Waals surface area contributed by atoms with Gasteiger partial charge in [0.05, 0.1) is 25.5 Å². The zero-order chi connectivity index (χ0) is 28.3. The molecule has 0 aliphatic heterocycles. The molecule has 1 fully saturated rings. The first kappa shape index (κ1) is 28.0. The third kappa shape index (κ3) is 6.20. The number of nitrogens with one attached hydrogen (secondary N) is 2. The van der Waals surface area contributed by atoms with Gasteiger partial charge in [-0.05, 0) is 51.7 Å². The average Bonchev–Trinajstić information content (AvgIpc) is 3.54. The number of nitrogens with zero attached hydrogens (tertiary/aromatic N) is 6. The van der Waals surface area contributed by atoms with Gasteiger partial charge in [-0.3, -0.25) is 19.0 Å². The number of carbonyl (C=O) groups is 2. The molecule has 0 saturated heterocycles. The van der Waals surface area contributed by atoms with Gasteiger partial charge >= 0.3 is 0 Å². The second-order valence-electron chi connectivity index (χ2n) is 9.87. The second kappa shape index (κ2) is 11.4. The summed E-state index contributed by atoms with van der Waals surface area (Å²) in [6.45, 7) is 5.42. The minimum absolute atomic E-state index is 0.0163. The SMILES string of the molecule is COc1nnccc1C(C)n1cc(NC(=O)[C@@H](NC(=O)c2ccnn2C(C)C)C2CCC(F)(F)CC2)c(F)n1. The monoisotopic (exact) mass is 548 g/mol. The van der Waals surface area contributed by atoms with Crippen LogP contribution in [0.3, 0.4) is 0 Å². The zero-order valence-corrected chi connectivity index (χ0v) is 22.1. The highest BCUT2D eigenvalue weighted by Gasteiger charge is 2.41. The van der Waals surface area contributed by atoms with Crippen molar-refractivity contribution in [2.24, 2.45) is 5.92 Å². The molecule has 11 nitrogen and oxygen atoms in total. The molecule has 0 bridgehead atoms. The van der Waals surface area contributed by atoms with Gasteiger partial charge in [-0.15, -0.1) is 10.2 Å². The molecule has 0 spiro atoms. The van der Waals surface area contributed by atoms with Gasteiger partial charge in [0.15, 0.2) is 0 Å². The second-order valence-corrected chi connectivity index (χ2v) is 9.87. The van der Waals surface area contributed by atoms with Crippen molar-refractivity contribution in [2.45, 2.75) is 70.5 Å². The van der Waals surface area contributed by atoms with Crippen LogP contribution in [0.4, 0.5) is 18.9 Å². The maximum Gasteiger partial charge on any atom is 0.270 e. The molecule has 4 rings (SSSR count). The van der Waals surface area contributed by atoms with Crippen LogP contribution in [0.5, 0.6) is 5.88 Å².